The summed E-state index contributed by atoms with van der Waals surface area (Å²) in [7, 11) is 1.84. The molecule has 0 aromatic heterocycles. The van der Waals surface area contributed by atoms with Gasteiger partial charge >= 0.3 is 0 Å². The zero-order valence-corrected chi connectivity index (χ0v) is 10.0. The Labute approximate surface area is 85.8 Å². The molecule has 0 aliphatic carbocycles. The Morgan fingerprint density at radius 2 is 2.08 bits per heavy atom. The predicted octanol–water partition coefficient (Wildman–Crippen LogP) is 3.87. The minimum absolute atomic E-state index is 0.0264. The maximum atomic E-state index is 5.55. The van der Waals surface area contributed by atoms with Crippen LogP contribution in [-0.2, 0) is 4.18 Å². The minimum atomic E-state index is -0.0264. The molecule has 13 heavy (non-hydrogen) atoms. The van der Waals surface area contributed by atoms with Crippen molar-refractivity contribution < 1.29 is 4.18 Å². The molecule has 0 spiro atoms. The van der Waals surface area contributed by atoms with E-state index >= 15 is 0 Å². The molecule has 3 heteroatoms. The van der Waals surface area contributed by atoms with Gasteiger partial charge in [-0.2, -0.15) is 0 Å². The fourth-order valence-electron chi connectivity index (χ4n) is 1.15. The lowest BCUT2D eigenvalue weighted by Crippen LogP contribution is -2.05. The second-order valence-corrected chi connectivity index (χ2v) is 7.45. The van der Waals surface area contributed by atoms with E-state index in [1.54, 1.807) is 0 Å². The van der Waals surface area contributed by atoms with Gasteiger partial charge in [0.1, 0.15) is 6.26 Å². The van der Waals surface area contributed by atoms with Crippen molar-refractivity contribution in [2.75, 3.05) is 0 Å². The molecule has 2 aliphatic heterocycles. The SMILES string of the molecule is CC1=COS2=C1C=C(C(C)(C)C)S2. The Bertz CT molecular complexity index is 342. The highest BCUT2D eigenvalue weighted by atomic mass is 33.1. The van der Waals surface area contributed by atoms with Gasteiger partial charge in [0.05, 0.1) is 14.7 Å². The van der Waals surface area contributed by atoms with E-state index in [0.717, 1.165) is 0 Å². The molecular formula is C10H14OS2. The quantitative estimate of drug-likeness (QED) is 0.447. The van der Waals surface area contributed by atoms with Crippen molar-refractivity contribution in [1.82, 2.24) is 0 Å². The van der Waals surface area contributed by atoms with Gasteiger partial charge in [0.2, 0.25) is 0 Å². The van der Waals surface area contributed by atoms with Crippen molar-refractivity contribution in [2.24, 2.45) is 5.41 Å². The Hall–Kier alpha value is -0.150. The fourth-order valence-corrected chi connectivity index (χ4v) is 5.22. The molecule has 72 valence electrons. The first kappa shape index (κ1) is 9.41. The maximum absolute atomic E-state index is 5.55. The summed E-state index contributed by atoms with van der Waals surface area (Å²) >= 11 is 0. The van der Waals surface area contributed by atoms with Crippen LogP contribution in [0, 0.1) is 5.41 Å². The second kappa shape index (κ2) is 2.92. The van der Waals surface area contributed by atoms with E-state index < -0.39 is 0 Å². The molecule has 2 heterocycles. The van der Waals surface area contributed by atoms with Crippen LogP contribution in [0.1, 0.15) is 27.7 Å². The van der Waals surface area contributed by atoms with Gasteiger partial charge in [0, 0.05) is 10.5 Å². The van der Waals surface area contributed by atoms with Crippen LogP contribution in [0.25, 0.3) is 0 Å². The van der Waals surface area contributed by atoms with Gasteiger partial charge in [0.15, 0.2) is 0 Å². The summed E-state index contributed by atoms with van der Waals surface area (Å²) in [5.41, 5.74) is 1.55. The molecule has 0 aromatic rings. The van der Waals surface area contributed by atoms with Crippen LogP contribution in [0.15, 0.2) is 22.8 Å². The highest BCUT2D eigenvalue weighted by molar-refractivity contribution is 8.84. The summed E-state index contributed by atoms with van der Waals surface area (Å²) in [6, 6.07) is 0. The molecule has 2 rings (SSSR count). The zero-order chi connectivity index (χ0) is 9.64. The Morgan fingerprint density at radius 3 is 2.62 bits per heavy atom. The van der Waals surface area contributed by atoms with Crippen LogP contribution < -0.4 is 0 Å². The molecule has 1 unspecified atom stereocenters. The minimum Gasteiger partial charge on any atom is -0.430 e. The predicted molar refractivity (Wildman–Crippen MR) is 62.6 cm³/mol. The van der Waals surface area contributed by atoms with Crippen LogP contribution in [0.2, 0.25) is 0 Å². The third kappa shape index (κ3) is 1.59. The maximum Gasteiger partial charge on any atom is 0.106 e. The molecule has 2 aliphatic rings. The first-order chi connectivity index (χ1) is 5.98. The van der Waals surface area contributed by atoms with Crippen molar-refractivity contribution in [3.05, 3.63) is 22.8 Å². The van der Waals surface area contributed by atoms with E-state index in [4.69, 9.17) is 4.18 Å². The van der Waals surface area contributed by atoms with Crippen molar-refractivity contribution in [3.8, 4) is 0 Å². The molecule has 0 fully saturated rings. The summed E-state index contributed by atoms with van der Waals surface area (Å²) in [6.07, 6.45) is 4.17. The highest BCUT2D eigenvalue weighted by Crippen LogP contribution is 2.54. The van der Waals surface area contributed by atoms with Crippen LogP contribution in [0.3, 0.4) is 0 Å². The molecule has 0 saturated heterocycles. The molecule has 0 amide bonds. The largest absolute Gasteiger partial charge is 0.430 e. The van der Waals surface area contributed by atoms with E-state index in [1.807, 2.05) is 17.1 Å². The normalized spacial score (nSPS) is 26.8. The van der Waals surface area contributed by atoms with Crippen molar-refractivity contribution in [1.29, 1.82) is 0 Å². The average molecular weight is 214 g/mol. The van der Waals surface area contributed by atoms with E-state index in [2.05, 4.69) is 33.8 Å². The van der Waals surface area contributed by atoms with Crippen LogP contribution >= 0.6 is 20.6 Å². The lowest BCUT2D eigenvalue weighted by atomic mass is 9.95. The lowest BCUT2D eigenvalue weighted by Gasteiger charge is -2.19. The van der Waals surface area contributed by atoms with Crippen LogP contribution in [-0.4, -0.2) is 4.86 Å². The Balaban J connectivity index is 2.28. The first-order valence-corrected chi connectivity index (χ1v) is 6.83. The topological polar surface area (TPSA) is 9.23 Å². The second-order valence-electron chi connectivity index (χ2n) is 4.34. The molecule has 1 atom stereocenters. The van der Waals surface area contributed by atoms with Crippen LogP contribution in [0.4, 0.5) is 0 Å². The first-order valence-electron chi connectivity index (χ1n) is 4.34. The van der Waals surface area contributed by atoms with Gasteiger partial charge in [-0.3, -0.25) is 0 Å². The molecule has 0 saturated carbocycles. The standard InChI is InChI=1S/C10H14OS2/c1-7-6-11-13-8(7)5-9(12-13)10(2,3)4/h5-6H,1-4H3. The van der Waals surface area contributed by atoms with Gasteiger partial charge in [-0.15, -0.1) is 0 Å². The van der Waals surface area contributed by atoms with Crippen molar-refractivity contribution in [2.45, 2.75) is 27.7 Å². The summed E-state index contributed by atoms with van der Waals surface area (Å²) in [5, 5.41) is 0. The summed E-state index contributed by atoms with van der Waals surface area (Å²) in [6.45, 7) is 8.86. The highest BCUT2D eigenvalue weighted by Gasteiger charge is 2.29. The van der Waals surface area contributed by atoms with Crippen molar-refractivity contribution in [3.63, 3.8) is 0 Å². The molecule has 0 N–H and O–H groups in total. The molecule has 0 radical (unpaired) electrons. The van der Waals surface area contributed by atoms with Gasteiger partial charge in [0.25, 0.3) is 0 Å². The van der Waals surface area contributed by atoms with Crippen molar-refractivity contribution >= 4 is 25.5 Å². The lowest BCUT2D eigenvalue weighted by molar-refractivity contribution is 0.534. The third-order valence-electron chi connectivity index (χ3n) is 2.05. The number of hydrogen-bond acceptors (Lipinski definition) is 2. The van der Waals surface area contributed by atoms with E-state index in [0.29, 0.717) is 0 Å². The fraction of sp³-hybridized carbons (Fsp3) is 0.500. The summed E-state index contributed by atoms with van der Waals surface area (Å²) < 4.78 is 5.55. The molecular weight excluding hydrogens is 200 g/mol. The van der Waals surface area contributed by atoms with E-state index in [1.165, 1.54) is 15.3 Å². The summed E-state index contributed by atoms with van der Waals surface area (Å²) in [5.74, 6) is 0. The zero-order valence-electron chi connectivity index (χ0n) is 8.38. The summed E-state index contributed by atoms with van der Waals surface area (Å²) in [4.78, 5) is 2.83. The molecule has 1 nitrogen and oxygen atoms in total. The van der Waals surface area contributed by atoms with Gasteiger partial charge in [-0.1, -0.05) is 20.8 Å². The molecule has 0 aromatic carbocycles. The Morgan fingerprint density at radius 1 is 1.38 bits per heavy atom. The monoisotopic (exact) mass is 214 g/mol. The number of rotatable bonds is 0. The van der Waals surface area contributed by atoms with E-state index in [-0.39, 0.29) is 15.2 Å². The number of hydrogen-bond donors (Lipinski definition) is 0. The Kier molecular flexibility index (Phi) is 2.11. The molecule has 0 bridgehead atoms. The van der Waals surface area contributed by atoms with Gasteiger partial charge in [-0.25, -0.2) is 0 Å². The van der Waals surface area contributed by atoms with E-state index in [9.17, 15) is 0 Å². The van der Waals surface area contributed by atoms with Gasteiger partial charge < -0.3 is 4.18 Å². The third-order valence-corrected chi connectivity index (χ3v) is 5.95. The number of allylic oxidation sites excluding steroid dienone is 3. The smallest absolute Gasteiger partial charge is 0.106 e. The van der Waals surface area contributed by atoms with Gasteiger partial charge in [-0.05, 0) is 29.2 Å². The average Bonchev–Trinajstić information content (AvgIpc) is 2.51. The van der Waals surface area contributed by atoms with Crippen LogP contribution in [0.5, 0.6) is 0 Å².